The van der Waals surface area contributed by atoms with Crippen LogP contribution in [0.3, 0.4) is 0 Å². The Bertz CT molecular complexity index is 1440. The van der Waals surface area contributed by atoms with E-state index in [9.17, 15) is 48.0 Å². The first kappa shape index (κ1) is 30.1. The van der Waals surface area contributed by atoms with Crippen LogP contribution in [0, 0.1) is 11.8 Å². The summed E-state index contributed by atoms with van der Waals surface area (Å²) in [7, 11) is 4.67. The van der Waals surface area contributed by atoms with Crippen LogP contribution < -0.4 is 5.73 Å². The van der Waals surface area contributed by atoms with Crippen molar-refractivity contribution in [2.75, 3.05) is 21.1 Å². The fourth-order valence-corrected chi connectivity index (χ4v) is 7.61. The van der Waals surface area contributed by atoms with E-state index in [2.05, 4.69) is 0 Å². The smallest absolute Gasteiger partial charge is 0.417 e. The van der Waals surface area contributed by atoms with E-state index < -0.39 is 98.7 Å². The molecule has 0 spiro atoms. The summed E-state index contributed by atoms with van der Waals surface area (Å²) in [6, 6.07) is -0.230. The maximum Gasteiger partial charge on any atom is 0.417 e. The van der Waals surface area contributed by atoms with E-state index in [1.165, 1.54) is 19.0 Å². The van der Waals surface area contributed by atoms with Gasteiger partial charge in [0.2, 0.25) is 5.78 Å². The van der Waals surface area contributed by atoms with Crippen LogP contribution in [0.25, 0.3) is 0 Å². The van der Waals surface area contributed by atoms with Gasteiger partial charge in [0.1, 0.15) is 22.8 Å². The number of fused-ring (bicyclic) bond motifs is 3. The summed E-state index contributed by atoms with van der Waals surface area (Å²) in [6.45, 7) is -0.110. The van der Waals surface area contributed by atoms with Gasteiger partial charge in [0.25, 0.3) is 5.91 Å². The molecule has 10 nitrogen and oxygen atoms in total. The average molecular weight is 594 g/mol. The second kappa shape index (κ2) is 10.1. The molecule has 1 aromatic rings. The molecule has 5 rings (SSSR count). The quantitative estimate of drug-likeness (QED) is 0.323. The molecular formula is C29H34F3N3O7. The van der Waals surface area contributed by atoms with Crippen molar-refractivity contribution in [3.63, 3.8) is 0 Å². The SMILES string of the molecule is CN(Cc1cc(O)c2c(c1C(F)(F)F)C[C@H]1C[C@H]3[C@H](N(C)C)C(O)=C(C(N)=O)C(=O)[C@@]3(O)C(O)=C1C2=O)C1CCCC1. The lowest BCUT2D eigenvalue weighted by atomic mass is 9.58. The second-order valence-electron chi connectivity index (χ2n) is 12.1. The molecule has 1 aromatic carbocycles. The Morgan fingerprint density at radius 3 is 2.29 bits per heavy atom. The second-order valence-corrected chi connectivity index (χ2v) is 12.1. The monoisotopic (exact) mass is 593 g/mol. The van der Waals surface area contributed by atoms with Crippen molar-refractivity contribution in [3.8, 4) is 5.75 Å². The number of rotatable bonds is 5. The first-order chi connectivity index (χ1) is 19.5. The lowest BCUT2D eigenvalue weighted by molar-refractivity contribution is -0.148. The number of ketones is 2. The number of allylic oxidation sites excluding steroid dienone is 1. The van der Waals surface area contributed by atoms with Crippen molar-refractivity contribution in [1.29, 1.82) is 0 Å². The number of halogens is 3. The predicted molar refractivity (Wildman–Crippen MR) is 142 cm³/mol. The highest BCUT2D eigenvalue weighted by Gasteiger charge is 2.63. The predicted octanol–water partition coefficient (Wildman–Crippen LogP) is 2.51. The molecule has 6 N–H and O–H groups in total. The van der Waals surface area contributed by atoms with E-state index in [0.29, 0.717) is 0 Å². The Hall–Kier alpha value is -3.42. The Labute approximate surface area is 239 Å². The van der Waals surface area contributed by atoms with Crippen LogP contribution in [-0.4, -0.2) is 86.5 Å². The number of amides is 1. The van der Waals surface area contributed by atoms with Gasteiger partial charge in [-0.1, -0.05) is 12.8 Å². The van der Waals surface area contributed by atoms with Crippen LogP contribution >= 0.6 is 0 Å². The third-order valence-electron chi connectivity index (χ3n) is 9.46. The molecule has 0 aromatic heterocycles. The lowest BCUT2D eigenvalue weighted by Gasteiger charge is -2.50. The van der Waals surface area contributed by atoms with Gasteiger partial charge in [0, 0.05) is 24.1 Å². The number of primary amides is 1. The molecular weight excluding hydrogens is 559 g/mol. The minimum Gasteiger partial charge on any atom is -0.510 e. The molecule has 0 unspecified atom stereocenters. The van der Waals surface area contributed by atoms with Gasteiger partial charge in [0.05, 0.1) is 17.2 Å². The van der Waals surface area contributed by atoms with Crippen molar-refractivity contribution in [2.24, 2.45) is 17.6 Å². The van der Waals surface area contributed by atoms with E-state index in [0.717, 1.165) is 31.7 Å². The number of carbonyl (C=O) groups excluding carboxylic acids is 3. The Morgan fingerprint density at radius 2 is 1.74 bits per heavy atom. The zero-order valence-corrected chi connectivity index (χ0v) is 23.5. The van der Waals surface area contributed by atoms with Gasteiger partial charge in [0.15, 0.2) is 11.4 Å². The van der Waals surface area contributed by atoms with Crippen LogP contribution in [0.15, 0.2) is 28.7 Å². The number of nitrogens with zero attached hydrogens (tertiary/aromatic N) is 2. The number of phenolic OH excluding ortho intramolecular Hbond substituents is 1. The lowest BCUT2D eigenvalue weighted by Crippen LogP contribution is -2.63. The molecule has 228 valence electrons. The summed E-state index contributed by atoms with van der Waals surface area (Å²) >= 11 is 0. The minimum absolute atomic E-state index is 0.0891. The fourth-order valence-electron chi connectivity index (χ4n) is 7.61. The van der Waals surface area contributed by atoms with Crippen molar-refractivity contribution in [3.05, 3.63) is 51.0 Å². The molecule has 0 aliphatic heterocycles. The number of likely N-dealkylation sites (N-methyl/N-ethyl adjacent to an activating group) is 1. The van der Waals surface area contributed by atoms with E-state index in [-0.39, 0.29) is 24.6 Å². The van der Waals surface area contributed by atoms with Gasteiger partial charge in [-0.05, 0) is 69.9 Å². The maximum atomic E-state index is 14.7. The summed E-state index contributed by atoms with van der Waals surface area (Å²) in [5.74, 6) is -8.94. The third kappa shape index (κ3) is 4.32. The van der Waals surface area contributed by atoms with Crippen LogP contribution in [0.4, 0.5) is 13.2 Å². The first-order valence-corrected chi connectivity index (χ1v) is 13.8. The normalized spacial score (nSPS) is 28.5. The molecule has 4 aliphatic rings. The molecule has 1 saturated carbocycles. The minimum atomic E-state index is -4.88. The van der Waals surface area contributed by atoms with E-state index in [4.69, 9.17) is 5.73 Å². The van der Waals surface area contributed by atoms with Crippen LogP contribution in [-0.2, 0) is 28.7 Å². The number of carbonyl (C=O) groups is 3. The summed E-state index contributed by atoms with van der Waals surface area (Å²) in [6.07, 6.45) is -1.97. The number of aliphatic hydroxyl groups excluding tert-OH is 2. The maximum absolute atomic E-state index is 14.7. The Kier molecular flexibility index (Phi) is 7.22. The van der Waals surface area contributed by atoms with E-state index >= 15 is 0 Å². The van der Waals surface area contributed by atoms with Gasteiger partial charge in [-0.15, -0.1) is 0 Å². The van der Waals surface area contributed by atoms with Crippen molar-refractivity contribution < 1.29 is 48.0 Å². The highest BCUT2D eigenvalue weighted by Crippen LogP contribution is 2.54. The molecule has 4 aliphatic carbocycles. The van der Waals surface area contributed by atoms with Crippen LogP contribution in [0.2, 0.25) is 0 Å². The third-order valence-corrected chi connectivity index (χ3v) is 9.46. The van der Waals surface area contributed by atoms with Crippen molar-refractivity contribution >= 4 is 17.5 Å². The topological polar surface area (TPSA) is 165 Å². The highest BCUT2D eigenvalue weighted by atomic mass is 19.4. The molecule has 42 heavy (non-hydrogen) atoms. The number of aliphatic hydroxyl groups is 3. The molecule has 4 atom stereocenters. The van der Waals surface area contributed by atoms with Crippen LogP contribution in [0.1, 0.15) is 59.2 Å². The first-order valence-electron chi connectivity index (χ1n) is 13.8. The van der Waals surface area contributed by atoms with Gasteiger partial charge in [-0.3, -0.25) is 24.2 Å². The Balaban J connectivity index is 1.68. The zero-order chi connectivity index (χ0) is 31.0. The number of alkyl halides is 3. The van der Waals surface area contributed by atoms with Gasteiger partial charge >= 0.3 is 6.18 Å². The average Bonchev–Trinajstić information content (AvgIpc) is 3.40. The zero-order valence-electron chi connectivity index (χ0n) is 23.5. The molecule has 0 bridgehead atoms. The number of aromatic hydroxyl groups is 1. The fraction of sp³-hybridized carbons (Fsp3) is 0.552. The molecule has 0 radical (unpaired) electrons. The molecule has 0 saturated heterocycles. The van der Waals surface area contributed by atoms with Gasteiger partial charge in [-0.25, -0.2) is 0 Å². The number of benzene rings is 1. The number of phenols is 1. The summed E-state index contributed by atoms with van der Waals surface area (Å²) in [5.41, 5.74) is -1.31. The standard InChI is InChI=1S/C29H34F3N3O7/c1-34(2)22-16-9-12-8-15-19(23(37)18(12)25(39)28(16,42)26(40)20(24(22)38)27(33)41)17(36)10-13(21(15)29(30,31)32)11-35(3)14-6-4-5-7-14/h10,12,14,16,22,36,38-39,42H,4-9,11H2,1-3H3,(H2,33,41)/t12-,16-,22-,28-/m0/s1. The number of Topliss-reactive ketones (excluding diaryl/α,β-unsaturated/α-hetero) is 2. The summed E-state index contributed by atoms with van der Waals surface area (Å²) < 4.78 is 44.1. The van der Waals surface area contributed by atoms with E-state index in [1.54, 1.807) is 7.05 Å². The van der Waals surface area contributed by atoms with Crippen molar-refractivity contribution in [1.82, 2.24) is 9.80 Å². The van der Waals surface area contributed by atoms with E-state index in [1.807, 2.05) is 4.90 Å². The van der Waals surface area contributed by atoms with Crippen LogP contribution in [0.5, 0.6) is 5.75 Å². The van der Waals surface area contributed by atoms with Gasteiger partial charge < -0.3 is 26.2 Å². The number of hydrogen-bond donors (Lipinski definition) is 5. The highest BCUT2D eigenvalue weighted by molar-refractivity contribution is 6.24. The summed E-state index contributed by atoms with van der Waals surface area (Å²) in [5, 5.41) is 44.7. The molecule has 1 amide bonds. The number of nitrogens with two attached hydrogens (primary N) is 1. The number of hydrogen-bond acceptors (Lipinski definition) is 9. The van der Waals surface area contributed by atoms with Gasteiger partial charge in [-0.2, -0.15) is 13.2 Å². The molecule has 13 heteroatoms. The molecule has 0 heterocycles. The van der Waals surface area contributed by atoms with Crippen molar-refractivity contribution in [2.45, 2.75) is 68.9 Å². The largest absolute Gasteiger partial charge is 0.510 e. The summed E-state index contributed by atoms with van der Waals surface area (Å²) in [4.78, 5) is 42.4. The molecule has 1 fully saturated rings. The Morgan fingerprint density at radius 1 is 1.12 bits per heavy atom.